The summed E-state index contributed by atoms with van der Waals surface area (Å²) in [7, 11) is 0. The van der Waals surface area contributed by atoms with Crippen LogP contribution in [0.15, 0.2) is 0 Å². The van der Waals surface area contributed by atoms with E-state index in [1.165, 1.54) is 0 Å². The van der Waals surface area contributed by atoms with Gasteiger partial charge in [0.15, 0.2) is 0 Å². The summed E-state index contributed by atoms with van der Waals surface area (Å²) in [4.78, 5) is 11.4. The summed E-state index contributed by atoms with van der Waals surface area (Å²) in [5.41, 5.74) is 0.0475. The Balaban J connectivity index is 2.15. The van der Waals surface area contributed by atoms with Crippen LogP contribution in [0.1, 0.15) is 39.0 Å². The highest BCUT2D eigenvalue weighted by Gasteiger charge is 2.43. The van der Waals surface area contributed by atoms with Gasteiger partial charge in [0.2, 0.25) is 0 Å². The maximum atomic E-state index is 11.4. The third kappa shape index (κ3) is 1.91. The van der Waals surface area contributed by atoms with Crippen molar-refractivity contribution in [3.63, 3.8) is 0 Å². The summed E-state index contributed by atoms with van der Waals surface area (Å²) in [5.74, 6) is 0.385. The van der Waals surface area contributed by atoms with Crippen molar-refractivity contribution in [3.05, 3.63) is 0 Å². The Morgan fingerprint density at radius 3 is 3.08 bits per heavy atom. The molecule has 2 bridgehead atoms. The van der Waals surface area contributed by atoms with Crippen molar-refractivity contribution in [1.29, 1.82) is 0 Å². The van der Waals surface area contributed by atoms with E-state index in [9.17, 15) is 4.79 Å². The number of halogens is 1. The molecule has 13 heavy (non-hydrogen) atoms. The van der Waals surface area contributed by atoms with Gasteiger partial charge in [0.25, 0.3) is 0 Å². The Labute approximate surface area is 92.5 Å². The average Bonchev–Trinajstić information content (AvgIpc) is 2.44. The van der Waals surface area contributed by atoms with E-state index in [1.54, 1.807) is 0 Å². The molecule has 0 aromatic carbocycles. The van der Waals surface area contributed by atoms with E-state index in [2.05, 4.69) is 29.5 Å². The molecule has 0 aliphatic carbocycles. The molecule has 0 amide bonds. The van der Waals surface area contributed by atoms with E-state index in [-0.39, 0.29) is 11.7 Å². The molecule has 2 fully saturated rings. The van der Waals surface area contributed by atoms with Crippen molar-refractivity contribution in [2.75, 3.05) is 0 Å². The minimum absolute atomic E-state index is 0.0475. The Hall–Kier alpha value is 0.360. The molecule has 3 atom stereocenters. The Morgan fingerprint density at radius 1 is 1.54 bits per heavy atom. The average molecular weight is 294 g/mol. The number of hydrogen-bond acceptors (Lipinski definition) is 2. The first kappa shape index (κ1) is 9.90. The van der Waals surface area contributed by atoms with E-state index < -0.39 is 0 Å². The summed E-state index contributed by atoms with van der Waals surface area (Å²) in [6.07, 6.45) is 4.81. The van der Waals surface area contributed by atoms with Crippen LogP contribution in [0.3, 0.4) is 0 Å². The smallest absolute Gasteiger partial charge is 0.135 e. The van der Waals surface area contributed by atoms with Crippen LogP contribution >= 0.6 is 22.6 Å². The fourth-order valence-corrected chi connectivity index (χ4v) is 3.04. The largest absolute Gasteiger partial charge is 0.371 e. The first-order valence-corrected chi connectivity index (χ1v) is 6.18. The zero-order valence-electron chi connectivity index (χ0n) is 7.88. The molecule has 0 saturated carbocycles. The summed E-state index contributed by atoms with van der Waals surface area (Å²) in [6, 6.07) is 0. The monoisotopic (exact) mass is 294 g/mol. The van der Waals surface area contributed by atoms with Crippen molar-refractivity contribution in [1.82, 2.24) is 0 Å². The molecule has 0 radical (unpaired) electrons. The van der Waals surface area contributed by atoms with Gasteiger partial charge in [-0.25, -0.2) is 0 Å². The third-order valence-corrected chi connectivity index (χ3v) is 5.13. The quantitative estimate of drug-likeness (QED) is 0.507. The van der Waals surface area contributed by atoms with Gasteiger partial charge in [0, 0.05) is 16.8 Å². The minimum atomic E-state index is 0.0475. The number of carbonyl (C=O) groups excluding carboxylic acids is 1. The number of rotatable bonds is 0. The lowest BCUT2D eigenvalue weighted by molar-refractivity contribution is -0.125. The standard InChI is InChI=1S/C10H15IO2/c1-10-5-4-8(13-10)6-7(12)2-3-9(10)11/h8-9H,2-6H2,1H3/t8-,9-,10+/m1/s1. The molecule has 2 nitrogen and oxygen atoms in total. The zero-order valence-corrected chi connectivity index (χ0v) is 10.0. The normalized spacial score (nSPS) is 45.8. The number of alkyl halides is 1. The van der Waals surface area contributed by atoms with Crippen LogP contribution in [0.25, 0.3) is 0 Å². The van der Waals surface area contributed by atoms with Gasteiger partial charge < -0.3 is 4.74 Å². The fraction of sp³-hybridized carbons (Fsp3) is 0.900. The third-order valence-electron chi connectivity index (χ3n) is 3.19. The number of carbonyl (C=O) groups is 1. The predicted octanol–water partition coefficient (Wildman–Crippen LogP) is 2.48. The lowest BCUT2D eigenvalue weighted by atomic mass is 9.95. The van der Waals surface area contributed by atoms with Crippen LogP contribution in [0.2, 0.25) is 0 Å². The van der Waals surface area contributed by atoms with Crippen LogP contribution in [-0.4, -0.2) is 21.4 Å². The summed E-state index contributed by atoms with van der Waals surface area (Å²) >= 11 is 2.44. The maximum absolute atomic E-state index is 11.4. The topological polar surface area (TPSA) is 26.3 Å². The van der Waals surface area contributed by atoms with E-state index in [4.69, 9.17) is 4.74 Å². The van der Waals surface area contributed by atoms with Gasteiger partial charge in [0.05, 0.1) is 11.7 Å². The lowest BCUT2D eigenvalue weighted by Crippen LogP contribution is -2.37. The Kier molecular flexibility index (Phi) is 2.66. The molecule has 0 aromatic heterocycles. The minimum Gasteiger partial charge on any atom is -0.371 e. The second-order valence-corrected chi connectivity index (χ2v) is 5.84. The van der Waals surface area contributed by atoms with Gasteiger partial charge in [0.1, 0.15) is 5.78 Å². The van der Waals surface area contributed by atoms with Crippen molar-refractivity contribution in [3.8, 4) is 0 Å². The van der Waals surface area contributed by atoms with Gasteiger partial charge in [-0.3, -0.25) is 4.79 Å². The highest BCUT2D eigenvalue weighted by atomic mass is 127. The summed E-state index contributed by atoms with van der Waals surface area (Å²) in [5, 5.41) is 0. The maximum Gasteiger partial charge on any atom is 0.135 e. The van der Waals surface area contributed by atoms with Gasteiger partial charge in [-0.2, -0.15) is 0 Å². The van der Waals surface area contributed by atoms with E-state index in [1.807, 2.05) is 0 Å². The Bertz CT molecular complexity index is 229. The second-order valence-electron chi connectivity index (χ2n) is 4.34. The van der Waals surface area contributed by atoms with Gasteiger partial charge in [-0.05, 0) is 26.2 Å². The molecule has 0 N–H and O–H groups in total. The van der Waals surface area contributed by atoms with E-state index in [0.717, 1.165) is 25.7 Å². The molecule has 0 unspecified atom stereocenters. The second kappa shape index (κ2) is 3.50. The number of fused-ring (bicyclic) bond motifs is 2. The highest BCUT2D eigenvalue weighted by molar-refractivity contribution is 14.1. The van der Waals surface area contributed by atoms with Gasteiger partial charge >= 0.3 is 0 Å². The first-order chi connectivity index (χ1) is 6.10. The highest BCUT2D eigenvalue weighted by Crippen LogP contribution is 2.41. The number of hydrogen-bond donors (Lipinski definition) is 0. The molecule has 2 aliphatic heterocycles. The first-order valence-electron chi connectivity index (χ1n) is 4.94. The molecular formula is C10H15IO2. The molecule has 2 aliphatic rings. The number of ketones is 1. The Morgan fingerprint density at radius 2 is 2.31 bits per heavy atom. The molecular weight excluding hydrogens is 279 g/mol. The van der Waals surface area contributed by atoms with Crippen molar-refractivity contribution in [2.45, 2.75) is 54.7 Å². The predicted molar refractivity (Wildman–Crippen MR) is 59.2 cm³/mol. The molecule has 2 rings (SSSR count). The van der Waals surface area contributed by atoms with Crippen LogP contribution < -0.4 is 0 Å². The molecule has 0 spiro atoms. The fourth-order valence-electron chi connectivity index (χ4n) is 2.27. The van der Waals surface area contributed by atoms with Crippen molar-refractivity contribution >= 4 is 28.4 Å². The van der Waals surface area contributed by atoms with Crippen LogP contribution in [0.4, 0.5) is 0 Å². The molecule has 2 saturated heterocycles. The lowest BCUT2D eigenvalue weighted by Gasteiger charge is -2.32. The molecule has 0 aromatic rings. The summed E-state index contributed by atoms with van der Waals surface area (Å²) in [6.45, 7) is 2.19. The van der Waals surface area contributed by atoms with E-state index in [0.29, 0.717) is 16.1 Å². The molecule has 74 valence electrons. The summed E-state index contributed by atoms with van der Waals surface area (Å²) < 4.78 is 6.44. The van der Waals surface area contributed by atoms with Gasteiger partial charge in [-0.15, -0.1) is 0 Å². The van der Waals surface area contributed by atoms with Crippen molar-refractivity contribution in [2.24, 2.45) is 0 Å². The number of ether oxygens (including phenoxy) is 1. The zero-order chi connectivity index (χ0) is 9.47. The van der Waals surface area contributed by atoms with Crippen molar-refractivity contribution < 1.29 is 9.53 Å². The SMILES string of the molecule is C[C@]12CC[C@H](CC(=O)CC[C@H]1I)O2. The molecule has 3 heteroatoms. The van der Waals surface area contributed by atoms with Crippen LogP contribution in [0, 0.1) is 0 Å². The van der Waals surface area contributed by atoms with Crippen LogP contribution in [0.5, 0.6) is 0 Å². The number of Topliss-reactive ketones (excluding diaryl/α,β-unsaturated/α-hetero) is 1. The van der Waals surface area contributed by atoms with Gasteiger partial charge in [-0.1, -0.05) is 22.6 Å². The van der Waals surface area contributed by atoms with E-state index >= 15 is 0 Å². The van der Waals surface area contributed by atoms with Crippen LogP contribution in [-0.2, 0) is 9.53 Å². The molecule has 2 heterocycles.